The van der Waals surface area contributed by atoms with Crippen LogP contribution in [0.15, 0.2) is 29.1 Å². The summed E-state index contributed by atoms with van der Waals surface area (Å²) >= 11 is 0. The van der Waals surface area contributed by atoms with Gasteiger partial charge in [0.2, 0.25) is 5.88 Å². The summed E-state index contributed by atoms with van der Waals surface area (Å²) in [5, 5.41) is 9.08. The zero-order valence-electron chi connectivity index (χ0n) is 7.87. The second kappa shape index (κ2) is 3.73. The Balaban J connectivity index is 2.58. The van der Waals surface area contributed by atoms with Crippen LogP contribution in [0.5, 0.6) is 5.88 Å². The van der Waals surface area contributed by atoms with Crippen LogP contribution in [0.25, 0.3) is 11.4 Å². The van der Waals surface area contributed by atoms with Gasteiger partial charge in [0.1, 0.15) is 5.82 Å². The Bertz CT molecular complexity index is 596. The normalized spacial score (nSPS) is 10.4. The minimum atomic E-state index is -1.05. The molecule has 0 aliphatic carbocycles. The van der Waals surface area contributed by atoms with Crippen LogP contribution in [0.2, 0.25) is 0 Å². The highest BCUT2D eigenvalue weighted by molar-refractivity contribution is 5.55. The van der Waals surface area contributed by atoms with Gasteiger partial charge in [-0.05, 0) is 18.2 Å². The smallest absolute Gasteiger partial charge is 0.254 e. The van der Waals surface area contributed by atoms with Gasteiger partial charge in [0.05, 0.1) is 6.07 Å². The topological polar surface area (TPSA) is 66.0 Å². The number of aromatic amines is 1. The third kappa shape index (κ3) is 1.90. The summed E-state index contributed by atoms with van der Waals surface area (Å²) in [5.74, 6) is -2.55. The van der Waals surface area contributed by atoms with Crippen LogP contribution in [-0.2, 0) is 0 Å². The molecule has 16 heavy (non-hydrogen) atoms. The van der Waals surface area contributed by atoms with Crippen molar-refractivity contribution >= 4 is 0 Å². The van der Waals surface area contributed by atoms with Gasteiger partial charge in [-0.3, -0.25) is 4.79 Å². The molecule has 0 bridgehead atoms. The van der Waals surface area contributed by atoms with Crippen molar-refractivity contribution in [2.45, 2.75) is 0 Å². The van der Waals surface area contributed by atoms with Crippen molar-refractivity contribution < 1.29 is 13.9 Å². The summed E-state index contributed by atoms with van der Waals surface area (Å²) in [6, 6.07) is 3.92. The van der Waals surface area contributed by atoms with Crippen LogP contribution >= 0.6 is 0 Å². The fourth-order valence-corrected chi connectivity index (χ4v) is 1.22. The van der Waals surface area contributed by atoms with E-state index < -0.39 is 23.1 Å². The lowest BCUT2D eigenvalue weighted by atomic mass is 10.2. The van der Waals surface area contributed by atoms with Crippen LogP contribution in [0, 0.1) is 11.6 Å². The monoisotopic (exact) mass is 224 g/mol. The first-order chi connectivity index (χ1) is 7.56. The maximum atomic E-state index is 12.9. The number of H-pyrrole nitrogens is 1. The fraction of sp³-hybridized carbons (Fsp3) is 0. The van der Waals surface area contributed by atoms with Crippen molar-refractivity contribution in [2.24, 2.45) is 0 Å². The standard InChI is InChI=1S/C10H6F2N2O2/c11-6-2-1-5(3-7(6)12)10-13-8(15)4-9(16)14-10/h1-4H,(H2,13,14,15,16). The number of nitrogens with one attached hydrogen (secondary N) is 1. The molecule has 2 rings (SSSR count). The quantitative estimate of drug-likeness (QED) is 0.769. The first kappa shape index (κ1) is 10.3. The molecule has 4 nitrogen and oxygen atoms in total. The highest BCUT2D eigenvalue weighted by Gasteiger charge is 2.07. The van der Waals surface area contributed by atoms with Gasteiger partial charge in [-0.1, -0.05) is 0 Å². The molecule has 0 saturated heterocycles. The zero-order valence-corrected chi connectivity index (χ0v) is 7.87. The molecule has 1 aromatic heterocycles. The summed E-state index contributed by atoms with van der Waals surface area (Å²) < 4.78 is 25.6. The van der Waals surface area contributed by atoms with E-state index in [0.29, 0.717) is 0 Å². The average Bonchev–Trinajstić information content (AvgIpc) is 2.20. The van der Waals surface area contributed by atoms with Crippen LogP contribution in [0.3, 0.4) is 0 Å². The van der Waals surface area contributed by atoms with Crippen LogP contribution in [0.4, 0.5) is 8.78 Å². The Morgan fingerprint density at radius 2 is 1.94 bits per heavy atom. The fourth-order valence-electron chi connectivity index (χ4n) is 1.22. The minimum Gasteiger partial charge on any atom is -0.493 e. The molecule has 0 fully saturated rings. The van der Waals surface area contributed by atoms with Gasteiger partial charge >= 0.3 is 0 Å². The van der Waals surface area contributed by atoms with E-state index in [0.717, 1.165) is 18.2 Å². The van der Waals surface area contributed by atoms with Crippen LogP contribution in [0.1, 0.15) is 0 Å². The molecule has 1 heterocycles. The molecular weight excluding hydrogens is 218 g/mol. The summed E-state index contributed by atoms with van der Waals surface area (Å²) in [5.41, 5.74) is -0.404. The molecule has 0 amide bonds. The molecule has 0 saturated carbocycles. The van der Waals surface area contributed by atoms with Crippen LogP contribution in [-0.4, -0.2) is 15.1 Å². The van der Waals surface area contributed by atoms with Crippen molar-refractivity contribution in [1.82, 2.24) is 9.97 Å². The zero-order chi connectivity index (χ0) is 11.7. The summed E-state index contributed by atoms with van der Waals surface area (Å²) in [4.78, 5) is 16.9. The molecule has 0 spiro atoms. The van der Waals surface area contributed by atoms with Gasteiger partial charge in [-0.15, -0.1) is 0 Å². The van der Waals surface area contributed by atoms with E-state index in [-0.39, 0.29) is 11.4 Å². The molecular formula is C10H6F2N2O2. The van der Waals surface area contributed by atoms with E-state index in [2.05, 4.69) is 9.97 Å². The number of aromatic hydroxyl groups is 1. The number of halogens is 2. The van der Waals surface area contributed by atoms with Crippen molar-refractivity contribution in [3.05, 3.63) is 46.3 Å². The molecule has 0 atom stereocenters. The van der Waals surface area contributed by atoms with Gasteiger partial charge in [0.25, 0.3) is 5.56 Å². The van der Waals surface area contributed by atoms with E-state index in [1.807, 2.05) is 0 Å². The SMILES string of the molecule is O=c1cc(O)nc(-c2ccc(F)c(F)c2)[nH]1. The van der Waals surface area contributed by atoms with Gasteiger partial charge in [-0.25, -0.2) is 8.78 Å². The van der Waals surface area contributed by atoms with Gasteiger partial charge in [0.15, 0.2) is 11.6 Å². The maximum absolute atomic E-state index is 12.9. The highest BCUT2D eigenvalue weighted by atomic mass is 19.2. The number of benzene rings is 1. The second-order valence-corrected chi connectivity index (χ2v) is 3.08. The lowest BCUT2D eigenvalue weighted by Crippen LogP contribution is -2.06. The van der Waals surface area contributed by atoms with Crippen molar-refractivity contribution in [3.8, 4) is 17.3 Å². The first-order valence-corrected chi connectivity index (χ1v) is 4.32. The van der Waals surface area contributed by atoms with E-state index in [1.165, 1.54) is 6.07 Å². The predicted molar refractivity (Wildman–Crippen MR) is 51.9 cm³/mol. The Morgan fingerprint density at radius 3 is 2.56 bits per heavy atom. The van der Waals surface area contributed by atoms with Crippen molar-refractivity contribution in [3.63, 3.8) is 0 Å². The Labute approximate surface area is 88.2 Å². The van der Waals surface area contributed by atoms with Gasteiger partial charge in [-0.2, -0.15) is 4.98 Å². The van der Waals surface area contributed by atoms with Gasteiger partial charge < -0.3 is 10.1 Å². The lowest BCUT2D eigenvalue weighted by molar-refractivity contribution is 0.452. The maximum Gasteiger partial charge on any atom is 0.254 e. The third-order valence-corrected chi connectivity index (χ3v) is 1.92. The molecule has 0 aliphatic heterocycles. The van der Waals surface area contributed by atoms with E-state index in [1.54, 1.807) is 0 Å². The predicted octanol–water partition coefficient (Wildman–Crippen LogP) is 1.42. The van der Waals surface area contributed by atoms with Gasteiger partial charge in [0, 0.05) is 5.56 Å². The number of rotatable bonds is 1. The molecule has 0 radical (unpaired) electrons. The average molecular weight is 224 g/mol. The molecule has 2 aromatic rings. The first-order valence-electron chi connectivity index (χ1n) is 4.32. The summed E-state index contributed by atoms with van der Waals surface area (Å²) in [6.45, 7) is 0. The molecule has 0 aliphatic rings. The highest BCUT2D eigenvalue weighted by Crippen LogP contribution is 2.18. The molecule has 1 aromatic carbocycles. The third-order valence-electron chi connectivity index (χ3n) is 1.92. The summed E-state index contributed by atoms with van der Waals surface area (Å²) in [6.07, 6.45) is 0. The number of hydrogen-bond donors (Lipinski definition) is 2. The van der Waals surface area contributed by atoms with E-state index in [4.69, 9.17) is 5.11 Å². The lowest BCUT2D eigenvalue weighted by Gasteiger charge is -2.01. The number of aromatic nitrogens is 2. The molecule has 2 N–H and O–H groups in total. The molecule has 6 heteroatoms. The Hall–Kier alpha value is -2.24. The van der Waals surface area contributed by atoms with Crippen LogP contribution < -0.4 is 5.56 Å². The number of nitrogens with zero attached hydrogens (tertiary/aromatic N) is 1. The summed E-state index contributed by atoms with van der Waals surface area (Å²) in [7, 11) is 0. The van der Waals surface area contributed by atoms with Crippen molar-refractivity contribution in [1.29, 1.82) is 0 Å². The van der Waals surface area contributed by atoms with E-state index in [9.17, 15) is 13.6 Å². The van der Waals surface area contributed by atoms with Crippen molar-refractivity contribution in [2.75, 3.05) is 0 Å². The molecule has 82 valence electrons. The minimum absolute atomic E-state index is 0.0242. The largest absolute Gasteiger partial charge is 0.493 e. The Morgan fingerprint density at radius 1 is 1.19 bits per heavy atom. The Kier molecular flexibility index (Phi) is 2.40. The number of hydrogen-bond acceptors (Lipinski definition) is 3. The molecule has 0 unspecified atom stereocenters. The second-order valence-electron chi connectivity index (χ2n) is 3.08. The van der Waals surface area contributed by atoms with E-state index >= 15 is 0 Å².